The molecular formula is C30H39FN4O. The first-order valence-corrected chi connectivity index (χ1v) is 12.9. The lowest BCUT2D eigenvalue weighted by Gasteiger charge is -2.38. The number of aryl methyl sites for hydroxylation is 1. The molecule has 1 aliphatic rings. The molecule has 2 aromatic carbocycles. The summed E-state index contributed by atoms with van der Waals surface area (Å²) in [4.78, 5) is 16.1. The Morgan fingerprint density at radius 1 is 1.14 bits per heavy atom. The first-order chi connectivity index (χ1) is 17.0. The van der Waals surface area contributed by atoms with E-state index in [2.05, 4.69) is 62.2 Å². The number of rotatable bonds is 8. The molecule has 4 rings (SSSR count). The summed E-state index contributed by atoms with van der Waals surface area (Å²) >= 11 is 0. The zero-order valence-corrected chi connectivity index (χ0v) is 22.7. The monoisotopic (exact) mass is 490 g/mol. The Labute approximate surface area is 214 Å². The Morgan fingerprint density at radius 2 is 1.78 bits per heavy atom. The lowest BCUT2D eigenvalue weighted by atomic mass is 9.71. The van der Waals surface area contributed by atoms with Gasteiger partial charge in [0.25, 0.3) is 0 Å². The van der Waals surface area contributed by atoms with Gasteiger partial charge in [-0.2, -0.15) is 5.10 Å². The molecule has 192 valence electrons. The number of nitrogens with zero attached hydrogens (tertiary/aromatic N) is 3. The van der Waals surface area contributed by atoms with Crippen LogP contribution in [0.3, 0.4) is 0 Å². The second kappa shape index (κ2) is 9.72. The fraction of sp³-hybridized carbons (Fsp3) is 0.467. The SMILES string of the molecule is CCC(CC)(CC(=O)c1c(C)nn2c1NC(c1ccccc1F)CC2(C)C)c1ccc(N(C)C)cc1. The van der Waals surface area contributed by atoms with Crippen LogP contribution in [0.1, 0.15) is 86.6 Å². The molecule has 1 N–H and O–H groups in total. The lowest BCUT2D eigenvalue weighted by Crippen LogP contribution is -2.38. The van der Waals surface area contributed by atoms with E-state index in [9.17, 15) is 9.18 Å². The van der Waals surface area contributed by atoms with Crippen LogP contribution in [0.4, 0.5) is 15.9 Å². The molecule has 36 heavy (non-hydrogen) atoms. The molecule has 1 atom stereocenters. The van der Waals surface area contributed by atoms with Gasteiger partial charge < -0.3 is 10.2 Å². The lowest BCUT2D eigenvalue weighted by molar-refractivity contribution is 0.0944. The maximum atomic E-state index is 14.7. The smallest absolute Gasteiger partial charge is 0.169 e. The summed E-state index contributed by atoms with van der Waals surface area (Å²) in [6.07, 6.45) is 2.78. The van der Waals surface area contributed by atoms with E-state index in [0.29, 0.717) is 35.5 Å². The fourth-order valence-corrected chi connectivity index (χ4v) is 5.70. The first kappa shape index (κ1) is 25.9. The van der Waals surface area contributed by atoms with Crippen LogP contribution in [0.5, 0.6) is 0 Å². The first-order valence-electron chi connectivity index (χ1n) is 12.9. The maximum Gasteiger partial charge on any atom is 0.169 e. The molecule has 3 aromatic rings. The van der Waals surface area contributed by atoms with Gasteiger partial charge in [-0.05, 0) is 63.8 Å². The van der Waals surface area contributed by atoms with Gasteiger partial charge in [-0.1, -0.05) is 44.2 Å². The van der Waals surface area contributed by atoms with Crippen molar-refractivity contribution in [3.8, 4) is 0 Å². The number of hydrogen-bond donors (Lipinski definition) is 1. The molecule has 0 amide bonds. The predicted molar refractivity (Wildman–Crippen MR) is 146 cm³/mol. The number of halogens is 1. The summed E-state index contributed by atoms with van der Waals surface area (Å²) in [5, 5.41) is 8.29. The third-order valence-electron chi connectivity index (χ3n) is 8.06. The number of Topliss-reactive ketones (excluding diaryl/α,β-unsaturated/α-hetero) is 1. The van der Waals surface area contributed by atoms with Crippen LogP contribution in [0, 0.1) is 12.7 Å². The van der Waals surface area contributed by atoms with Gasteiger partial charge in [-0.15, -0.1) is 0 Å². The van der Waals surface area contributed by atoms with E-state index in [4.69, 9.17) is 5.10 Å². The van der Waals surface area contributed by atoms with Crippen LogP contribution in [-0.2, 0) is 11.0 Å². The third kappa shape index (κ3) is 4.54. The van der Waals surface area contributed by atoms with E-state index >= 15 is 0 Å². The minimum Gasteiger partial charge on any atom is -0.378 e. The van der Waals surface area contributed by atoms with Crippen molar-refractivity contribution in [2.45, 2.75) is 77.3 Å². The highest BCUT2D eigenvalue weighted by Crippen LogP contribution is 2.43. The quantitative estimate of drug-likeness (QED) is 0.345. The highest BCUT2D eigenvalue weighted by molar-refractivity contribution is 6.02. The van der Waals surface area contributed by atoms with Gasteiger partial charge in [0.1, 0.15) is 11.6 Å². The molecule has 1 aliphatic heterocycles. The number of aromatic nitrogens is 2. The highest BCUT2D eigenvalue weighted by atomic mass is 19.1. The molecule has 0 saturated heterocycles. The van der Waals surface area contributed by atoms with Crippen LogP contribution in [0.2, 0.25) is 0 Å². The summed E-state index contributed by atoms with van der Waals surface area (Å²) < 4.78 is 16.6. The largest absolute Gasteiger partial charge is 0.378 e. The second-order valence-corrected chi connectivity index (χ2v) is 11.0. The maximum absolute atomic E-state index is 14.7. The number of fused-ring (bicyclic) bond motifs is 1. The summed E-state index contributed by atoms with van der Waals surface area (Å²) in [6, 6.07) is 15.2. The number of hydrogen-bond acceptors (Lipinski definition) is 4. The highest BCUT2D eigenvalue weighted by Gasteiger charge is 2.40. The Balaban J connectivity index is 1.71. The Kier molecular flexibility index (Phi) is 7.00. The van der Waals surface area contributed by atoms with Crippen LogP contribution < -0.4 is 10.2 Å². The van der Waals surface area contributed by atoms with Crippen molar-refractivity contribution in [2.75, 3.05) is 24.3 Å². The fourth-order valence-electron chi connectivity index (χ4n) is 5.70. The molecule has 0 bridgehead atoms. The molecule has 0 fully saturated rings. The summed E-state index contributed by atoms with van der Waals surface area (Å²) in [7, 11) is 4.06. The van der Waals surface area contributed by atoms with Crippen molar-refractivity contribution in [3.63, 3.8) is 0 Å². The standard InChI is InChI=1S/C30H39FN4O/c1-8-30(9-2,21-14-16-22(17-15-21)34(6)7)19-26(36)27-20(3)33-35-28(27)32-25(18-29(35,4)5)23-12-10-11-13-24(23)31/h10-17,25,32H,8-9,18-19H2,1-7H3. The van der Waals surface area contributed by atoms with Crippen molar-refractivity contribution in [1.29, 1.82) is 0 Å². The van der Waals surface area contributed by atoms with Crippen LogP contribution >= 0.6 is 0 Å². The molecule has 1 aromatic heterocycles. The zero-order chi connectivity index (χ0) is 26.3. The summed E-state index contributed by atoms with van der Waals surface area (Å²) in [5.74, 6) is 0.540. The normalized spacial score (nSPS) is 16.8. The molecule has 1 unspecified atom stereocenters. The Morgan fingerprint density at radius 3 is 2.36 bits per heavy atom. The number of anilines is 2. The van der Waals surface area contributed by atoms with E-state index in [1.165, 1.54) is 11.6 Å². The van der Waals surface area contributed by atoms with Gasteiger partial charge in [-0.3, -0.25) is 4.79 Å². The van der Waals surface area contributed by atoms with Gasteiger partial charge in [0.2, 0.25) is 0 Å². The number of ketones is 1. The van der Waals surface area contributed by atoms with Gasteiger partial charge >= 0.3 is 0 Å². The minimum atomic E-state index is -0.370. The average molecular weight is 491 g/mol. The zero-order valence-electron chi connectivity index (χ0n) is 22.7. The summed E-state index contributed by atoms with van der Waals surface area (Å²) in [6.45, 7) is 10.4. The molecule has 0 aliphatic carbocycles. The summed E-state index contributed by atoms with van der Waals surface area (Å²) in [5.41, 5.74) is 3.64. The van der Waals surface area contributed by atoms with Crippen molar-refractivity contribution >= 4 is 17.3 Å². The third-order valence-corrected chi connectivity index (χ3v) is 8.06. The molecule has 2 heterocycles. The minimum absolute atomic E-state index is 0.0756. The van der Waals surface area contributed by atoms with E-state index < -0.39 is 0 Å². The molecule has 5 nitrogen and oxygen atoms in total. The topological polar surface area (TPSA) is 50.2 Å². The molecule has 0 spiro atoms. The number of carbonyl (C=O) groups excluding carboxylic acids is 1. The van der Waals surface area contributed by atoms with Gasteiger partial charge in [-0.25, -0.2) is 9.07 Å². The molecular weight excluding hydrogens is 451 g/mol. The van der Waals surface area contributed by atoms with Crippen molar-refractivity contribution in [2.24, 2.45) is 0 Å². The van der Waals surface area contributed by atoms with Crippen molar-refractivity contribution in [3.05, 3.63) is 76.7 Å². The Hall–Kier alpha value is -3.15. The number of benzene rings is 2. The second-order valence-electron chi connectivity index (χ2n) is 11.0. The van der Waals surface area contributed by atoms with Crippen LogP contribution in [0.25, 0.3) is 0 Å². The molecule has 0 radical (unpaired) electrons. The van der Waals surface area contributed by atoms with E-state index in [0.717, 1.165) is 18.5 Å². The average Bonchev–Trinajstić information content (AvgIpc) is 3.19. The molecule has 6 heteroatoms. The van der Waals surface area contributed by atoms with Crippen molar-refractivity contribution < 1.29 is 9.18 Å². The predicted octanol–water partition coefficient (Wildman–Crippen LogP) is 7.02. The number of nitrogens with one attached hydrogen (secondary N) is 1. The van der Waals surface area contributed by atoms with Gasteiger partial charge in [0, 0.05) is 37.2 Å². The van der Waals surface area contributed by atoms with E-state index in [1.54, 1.807) is 6.07 Å². The van der Waals surface area contributed by atoms with Crippen LogP contribution in [-0.4, -0.2) is 29.7 Å². The Bertz CT molecular complexity index is 1240. The molecule has 0 saturated carbocycles. The number of carbonyl (C=O) groups is 1. The van der Waals surface area contributed by atoms with Crippen LogP contribution in [0.15, 0.2) is 48.5 Å². The van der Waals surface area contributed by atoms with E-state index in [1.807, 2.05) is 37.8 Å². The van der Waals surface area contributed by atoms with E-state index in [-0.39, 0.29) is 28.6 Å². The van der Waals surface area contributed by atoms with Gasteiger partial charge in [0.15, 0.2) is 5.78 Å². The van der Waals surface area contributed by atoms with Crippen molar-refractivity contribution in [1.82, 2.24) is 9.78 Å². The van der Waals surface area contributed by atoms with Gasteiger partial charge in [0.05, 0.1) is 22.8 Å².